The Balaban J connectivity index is 1.44. The summed E-state index contributed by atoms with van der Waals surface area (Å²) in [6, 6.07) is 14.3. The molecule has 1 saturated carbocycles. The Morgan fingerprint density at radius 2 is 1.74 bits per heavy atom. The average Bonchev–Trinajstić information content (AvgIpc) is 3.44. The lowest BCUT2D eigenvalue weighted by Gasteiger charge is -2.07. The summed E-state index contributed by atoms with van der Waals surface area (Å²) < 4.78 is 0. The van der Waals surface area contributed by atoms with Crippen molar-refractivity contribution in [1.29, 1.82) is 0 Å². The fourth-order valence-corrected chi connectivity index (χ4v) is 3.06. The van der Waals surface area contributed by atoms with Crippen LogP contribution in [0.2, 0.25) is 5.02 Å². The number of rotatable bonds is 7. The van der Waals surface area contributed by atoms with Gasteiger partial charge in [-0.1, -0.05) is 35.9 Å². The molecular formula is C21H21ClN2O3. The van der Waals surface area contributed by atoms with Gasteiger partial charge in [0.15, 0.2) is 5.78 Å². The van der Waals surface area contributed by atoms with Crippen molar-refractivity contribution in [2.75, 3.05) is 11.9 Å². The molecule has 2 amide bonds. The van der Waals surface area contributed by atoms with Crippen LogP contribution in [0, 0.1) is 11.8 Å². The summed E-state index contributed by atoms with van der Waals surface area (Å²) in [5, 5.41) is 6.36. The topological polar surface area (TPSA) is 75.3 Å². The van der Waals surface area contributed by atoms with E-state index < -0.39 is 0 Å². The maximum atomic E-state index is 12.3. The van der Waals surface area contributed by atoms with Crippen molar-refractivity contribution in [3.63, 3.8) is 0 Å². The summed E-state index contributed by atoms with van der Waals surface area (Å²) in [6.07, 6.45) is 1.26. The summed E-state index contributed by atoms with van der Waals surface area (Å²) >= 11 is 5.85. The monoisotopic (exact) mass is 384 g/mol. The van der Waals surface area contributed by atoms with Crippen molar-refractivity contribution in [3.05, 3.63) is 64.7 Å². The largest absolute Gasteiger partial charge is 0.356 e. The fourth-order valence-electron chi connectivity index (χ4n) is 2.94. The maximum Gasteiger partial charge on any atom is 0.228 e. The highest BCUT2D eigenvalue weighted by atomic mass is 35.5. The maximum absolute atomic E-state index is 12.3. The first kappa shape index (κ1) is 19.1. The zero-order valence-corrected chi connectivity index (χ0v) is 15.8. The Morgan fingerprint density at radius 3 is 2.44 bits per heavy atom. The highest BCUT2D eigenvalue weighted by Gasteiger charge is 2.47. The van der Waals surface area contributed by atoms with Gasteiger partial charge in [0, 0.05) is 22.8 Å². The molecule has 2 N–H and O–H groups in total. The lowest BCUT2D eigenvalue weighted by molar-refractivity contribution is -0.125. The van der Waals surface area contributed by atoms with E-state index in [0.29, 0.717) is 35.7 Å². The van der Waals surface area contributed by atoms with Gasteiger partial charge >= 0.3 is 0 Å². The summed E-state index contributed by atoms with van der Waals surface area (Å²) in [6.45, 7) is 2.00. The molecule has 0 heterocycles. The quantitative estimate of drug-likeness (QED) is 0.717. The predicted octanol–water partition coefficient (Wildman–Crippen LogP) is 3.48. The lowest BCUT2D eigenvalue weighted by atomic mass is 10.1. The minimum absolute atomic E-state index is 0.0598. The summed E-state index contributed by atoms with van der Waals surface area (Å²) in [4.78, 5) is 35.9. The molecule has 0 saturated heterocycles. The number of amides is 2. The van der Waals surface area contributed by atoms with Crippen LogP contribution in [-0.2, 0) is 16.0 Å². The van der Waals surface area contributed by atoms with E-state index in [4.69, 9.17) is 11.6 Å². The van der Waals surface area contributed by atoms with Crippen molar-refractivity contribution >= 4 is 34.9 Å². The number of Topliss-reactive ketones (excluding diaryl/α,β-unsaturated/α-hetero) is 1. The molecule has 2 aromatic rings. The molecule has 0 bridgehead atoms. The molecule has 0 spiro atoms. The zero-order chi connectivity index (χ0) is 19.4. The van der Waals surface area contributed by atoms with Gasteiger partial charge in [-0.15, -0.1) is 0 Å². The molecule has 5 nitrogen and oxygen atoms in total. The van der Waals surface area contributed by atoms with E-state index >= 15 is 0 Å². The Bertz CT molecular complexity index is 864. The van der Waals surface area contributed by atoms with Gasteiger partial charge in [0.1, 0.15) is 0 Å². The molecule has 2 aromatic carbocycles. The highest BCUT2D eigenvalue weighted by Crippen LogP contribution is 2.39. The molecule has 27 heavy (non-hydrogen) atoms. The van der Waals surface area contributed by atoms with Crippen LogP contribution < -0.4 is 10.6 Å². The molecule has 2 atom stereocenters. The van der Waals surface area contributed by atoms with Crippen molar-refractivity contribution in [2.45, 2.75) is 19.8 Å². The van der Waals surface area contributed by atoms with Crippen LogP contribution in [0.5, 0.6) is 0 Å². The number of hydrogen-bond donors (Lipinski definition) is 2. The Morgan fingerprint density at radius 1 is 1.04 bits per heavy atom. The summed E-state index contributed by atoms with van der Waals surface area (Å²) in [7, 11) is 0. The van der Waals surface area contributed by atoms with Crippen LogP contribution in [0.1, 0.15) is 29.3 Å². The van der Waals surface area contributed by atoms with E-state index in [2.05, 4.69) is 10.6 Å². The first-order chi connectivity index (χ1) is 12.9. The number of benzene rings is 2. The van der Waals surface area contributed by atoms with Crippen molar-refractivity contribution in [1.82, 2.24) is 5.32 Å². The van der Waals surface area contributed by atoms with Crippen LogP contribution >= 0.6 is 11.6 Å². The van der Waals surface area contributed by atoms with E-state index in [1.807, 2.05) is 24.3 Å². The average molecular weight is 385 g/mol. The van der Waals surface area contributed by atoms with Crippen molar-refractivity contribution < 1.29 is 14.4 Å². The number of anilines is 1. The third-order valence-electron chi connectivity index (χ3n) is 4.63. The van der Waals surface area contributed by atoms with Crippen LogP contribution in [0.15, 0.2) is 48.5 Å². The van der Waals surface area contributed by atoms with Gasteiger partial charge in [-0.2, -0.15) is 0 Å². The Labute approximate surface area is 163 Å². The lowest BCUT2D eigenvalue weighted by Crippen LogP contribution is -2.29. The molecule has 1 aliphatic carbocycles. The number of ketones is 1. The Hall–Kier alpha value is -2.66. The summed E-state index contributed by atoms with van der Waals surface area (Å²) in [5.41, 5.74) is 2.21. The van der Waals surface area contributed by atoms with E-state index in [1.165, 1.54) is 6.92 Å². The van der Waals surface area contributed by atoms with Crippen molar-refractivity contribution in [2.24, 2.45) is 11.8 Å². The van der Waals surface area contributed by atoms with Crippen LogP contribution in [0.3, 0.4) is 0 Å². The molecule has 0 radical (unpaired) electrons. The second kappa shape index (κ2) is 8.35. The predicted molar refractivity (Wildman–Crippen MR) is 105 cm³/mol. The first-order valence-electron chi connectivity index (χ1n) is 8.88. The molecule has 3 rings (SSSR count). The minimum atomic E-state index is -0.318. The molecule has 2 unspecified atom stereocenters. The smallest absolute Gasteiger partial charge is 0.228 e. The number of carbonyl (C=O) groups is 3. The summed E-state index contributed by atoms with van der Waals surface area (Å²) in [5.74, 6) is -0.946. The van der Waals surface area contributed by atoms with E-state index in [0.717, 1.165) is 5.56 Å². The SMILES string of the molecule is CC(=O)c1cccc(NC(=O)C2CC2C(=O)NCCc2ccc(Cl)cc2)c1. The fraction of sp³-hybridized carbons (Fsp3) is 0.286. The molecule has 0 aromatic heterocycles. The van der Waals surface area contributed by atoms with Gasteiger partial charge in [0.25, 0.3) is 0 Å². The van der Waals surface area contributed by atoms with Gasteiger partial charge in [0.05, 0.1) is 11.8 Å². The van der Waals surface area contributed by atoms with E-state index in [-0.39, 0.29) is 29.4 Å². The molecular weight excluding hydrogens is 364 g/mol. The third kappa shape index (κ3) is 5.17. The number of nitrogens with one attached hydrogen (secondary N) is 2. The second-order valence-electron chi connectivity index (χ2n) is 6.74. The standard InChI is InChI=1S/C21H21ClN2O3/c1-13(25)15-3-2-4-17(11-15)24-21(27)19-12-18(19)20(26)23-10-9-14-5-7-16(22)8-6-14/h2-8,11,18-19H,9-10,12H2,1H3,(H,23,26)(H,24,27). The van der Waals surface area contributed by atoms with Gasteiger partial charge in [-0.3, -0.25) is 14.4 Å². The van der Waals surface area contributed by atoms with Gasteiger partial charge < -0.3 is 10.6 Å². The van der Waals surface area contributed by atoms with Gasteiger partial charge in [-0.25, -0.2) is 0 Å². The van der Waals surface area contributed by atoms with Crippen molar-refractivity contribution in [3.8, 4) is 0 Å². The molecule has 1 fully saturated rings. The third-order valence-corrected chi connectivity index (χ3v) is 4.88. The zero-order valence-electron chi connectivity index (χ0n) is 15.0. The van der Waals surface area contributed by atoms with Crippen LogP contribution in [0.4, 0.5) is 5.69 Å². The van der Waals surface area contributed by atoms with E-state index in [1.54, 1.807) is 24.3 Å². The number of hydrogen-bond acceptors (Lipinski definition) is 3. The molecule has 1 aliphatic rings. The molecule has 0 aliphatic heterocycles. The van der Waals surface area contributed by atoms with Gasteiger partial charge in [-0.05, 0) is 49.6 Å². The highest BCUT2D eigenvalue weighted by molar-refractivity contribution is 6.30. The van der Waals surface area contributed by atoms with E-state index in [9.17, 15) is 14.4 Å². The minimum Gasteiger partial charge on any atom is -0.356 e. The first-order valence-corrected chi connectivity index (χ1v) is 9.26. The van der Waals surface area contributed by atoms with Crippen LogP contribution in [-0.4, -0.2) is 24.1 Å². The number of carbonyl (C=O) groups excluding carboxylic acids is 3. The molecule has 140 valence electrons. The Kier molecular flexibility index (Phi) is 5.91. The van der Waals surface area contributed by atoms with Crippen LogP contribution in [0.25, 0.3) is 0 Å². The molecule has 6 heteroatoms. The van der Waals surface area contributed by atoms with Gasteiger partial charge in [0.2, 0.25) is 11.8 Å². The second-order valence-corrected chi connectivity index (χ2v) is 7.18. The number of halogens is 1. The normalized spacial score (nSPS) is 17.9.